The fraction of sp³-hybridized carbons (Fsp3) is 0.115. The van der Waals surface area contributed by atoms with E-state index in [4.69, 9.17) is 15.1 Å². The van der Waals surface area contributed by atoms with Crippen LogP contribution in [0.1, 0.15) is 21.5 Å². The second-order valence-electron chi connectivity index (χ2n) is 7.35. The first-order valence-electron chi connectivity index (χ1n) is 10.1. The third-order valence-corrected chi connectivity index (χ3v) is 5.15. The van der Waals surface area contributed by atoms with Crippen LogP contribution in [0, 0.1) is 11.3 Å². The second-order valence-corrected chi connectivity index (χ2v) is 7.35. The summed E-state index contributed by atoms with van der Waals surface area (Å²) in [5.41, 5.74) is 4.07. The molecule has 0 aliphatic heterocycles. The van der Waals surface area contributed by atoms with Crippen LogP contribution in [-0.2, 0) is 6.54 Å². The fourth-order valence-electron chi connectivity index (χ4n) is 3.57. The molecule has 0 atom stereocenters. The number of carbonyl (C=O) groups excluding carboxylic acids is 1. The van der Waals surface area contributed by atoms with E-state index in [-0.39, 0.29) is 5.91 Å². The summed E-state index contributed by atoms with van der Waals surface area (Å²) in [6.45, 7) is 0.371. The normalized spacial score (nSPS) is 10.4. The van der Waals surface area contributed by atoms with Crippen molar-refractivity contribution in [3.05, 3.63) is 102 Å². The van der Waals surface area contributed by atoms with E-state index in [0.717, 1.165) is 16.8 Å². The number of methoxy groups -OCH3 is 1. The molecule has 3 aromatic carbocycles. The van der Waals surface area contributed by atoms with E-state index in [1.54, 1.807) is 42.1 Å². The molecule has 0 saturated heterocycles. The molecule has 1 amide bonds. The van der Waals surface area contributed by atoms with Gasteiger partial charge in [0.15, 0.2) is 0 Å². The van der Waals surface area contributed by atoms with Crippen molar-refractivity contribution in [2.24, 2.45) is 0 Å². The first-order chi connectivity index (χ1) is 15.6. The molecule has 0 N–H and O–H groups in total. The number of ether oxygens (including phenoxy) is 1. The predicted octanol–water partition coefficient (Wildman–Crippen LogP) is 4.69. The molecule has 0 unspecified atom stereocenters. The third kappa shape index (κ3) is 4.23. The van der Waals surface area contributed by atoms with Crippen LogP contribution < -0.4 is 4.74 Å². The van der Waals surface area contributed by atoms with Crippen molar-refractivity contribution < 1.29 is 9.53 Å². The lowest BCUT2D eigenvalue weighted by Crippen LogP contribution is -2.26. The van der Waals surface area contributed by atoms with Gasteiger partial charge in [0.05, 0.1) is 30.0 Å². The van der Waals surface area contributed by atoms with Crippen molar-refractivity contribution in [3.63, 3.8) is 0 Å². The Morgan fingerprint density at radius 1 is 1.06 bits per heavy atom. The van der Waals surface area contributed by atoms with Gasteiger partial charge in [-0.2, -0.15) is 10.4 Å². The molecule has 1 heterocycles. The SMILES string of the molecule is COc1ccccc1-c1nn(-c2ccccc2)cc1C(=O)N(C)Cc1cccc(C#N)c1. The lowest BCUT2D eigenvalue weighted by molar-refractivity contribution is 0.0786. The Morgan fingerprint density at radius 2 is 1.81 bits per heavy atom. The van der Waals surface area contributed by atoms with Crippen LogP contribution in [0.25, 0.3) is 16.9 Å². The Balaban J connectivity index is 1.75. The van der Waals surface area contributed by atoms with Crippen LogP contribution in [0.5, 0.6) is 5.75 Å². The van der Waals surface area contributed by atoms with E-state index < -0.39 is 0 Å². The lowest BCUT2D eigenvalue weighted by Gasteiger charge is -2.17. The smallest absolute Gasteiger partial charge is 0.257 e. The number of rotatable bonds is 6. The maximum Gasteiger partial charge on any atom is 0.257 e. The molecule has 4 aromatic rings. The Morgan fingerprint density at radius 3 is 2.56 bits per heavy atom. The predicted molar refractivity (Wildman–Crippen MR) is 123 cm³/mol. The van der Waals surface area contributed by atoms with Crippen molar-refractivity contribution in [2.45, 2.75) is 6.54 Å². The number of nitrogens with zero attached hydrogens (tertiary/aromatic N) is 4. The van der Waals surface area contributed by atoms with E-state index in [1.165, 1.54) is 0 Å². The number of carbonyl (C=O) groups is 1. The number of hydrogen-bond donors (Lipinski definition) is 0. The molecule has 0 aliphatic carbocycles. The third-order valence-electron chi connectivity index (χ3n) is 5.15. The van der Waals surface area contributed by atoms with Crippen molar-refractivity contribution in [1.82, 2.24) is 14.7 Å². The number of hydrogen-bond acceptors (Lipinski definition) is 4. The summed E-state index contributed by atoms with van der Waals surface area (Å²) in [5, 5.41) is 13.9. The maximum atomic E-state index is 13.5. The summed E-state index contributed by atoms with van der Waals surface area (Å²) < 4.78 is 7.23. The summed E-state index contributed by atoms with van der Waals surface area (Å²) in [7, 11) is 3.34. The van der Waals surface area contributed by atoms with Crippen LogP contribution >= 0.6 is 0 Å². The molecule has 0 fully saturated rings. The van der Waals surface area contributed by atoms with Gasteiger partial charge in [0.25, 0.3) is 5.91 Å². The molecule has 4 rings (SSSR count). The van der Waals surface area contributed by atoms with Gasteiger partial charge in [0, 0.05) is 25.4 Å². The summed E-state index contributed by atoms with van der Waals surface area (Å²) in [6.07, 6.45) is 1.75. The molecule has 0 spiro atoms. The fourth-order valence-corrected chi connectivity index (χ4v) is 3.57. The van der Waals surface area contributed by atoms with Crippen molar-refractivity contribution in [1.29, 1.82) is 5.26 Å². The van der Waals surface area contributed by atoms with Crippen LogP contribution in [0.2, 0.25) is 0 Å². The summed E-state index contributed by atoms with van der Waals surface area (Å²) in [6, 6.07) is 26.6. The number of para-hydroxylation sites is 2. The van der Waals surface area contributed by atoms with E-state index >= 15 is 0 Å². The lowest BCUT2D eigenvalue weighted by atomic mass is 10.1. The zero-order valence-electron chi connectivity index (χ0n) is 17.9. The van der Waals surface area contributed by atoms with Gasteiger partial charge in [-0.1, -0.05) is 42.5 Å². The van der Waals surface area contributed by atoms with Crippen LogP contribution in [0.4, 0.5) is 0 Å². The highest BCUT2D eigenvalue weighted by molar-refractivity contribution is 6.00. The largest absolute Gasteiger partial charge is 0.496 e. The molecule has 0 bridgehead atoms. The monoisotopic (exact) mass is 422 g/mol. The van der Waals surface area contributed by atoms with Crippen LogP contribution in [0.15, 0.2) is 85.1 Å². The zero-order chi connectivity index (χ0) is 22.5. The molecule has 0 aliphatic rings. The molecule has 158 valence electrons. The average Bonchev–Trinajstić information content (AvgIpc) is 3.29. The molecule has 0 radical (unpaired) electrons. The van der Waals surface area contributed by atoms with Crippen LogP contribution in [-0.4, -0.2) is 34.7 Å². The first-order valence-corrected chi connectivity index (χ1v) is 10.1. The van der Waals surface area contributed by atoms with Crippen molar-refractivity contribution in [3.8, 4) is 28.8 Å². The Bertz CT molecular complexity index is 1290. The number of aromatic nitrogens is 2. The number of benzene rings is 3. The van der Waals surface area contributed by atoms with Gasteiger partial charge in [-0.15, -0.1) is 0 Å². The summed E-state index contributed by atoms with van der Waals surface area (Å²) >= 11 is 0. The van der Waals surface area contributed by atoms with Gasteiger partial charge in [0.1, 0.15) is 11.4 Å². The summed E-state index contributed by atoms with van der Waals surface area (Å²) in [5.74, 6) is 0.472. The Hall–Kier alpha value is -4.37. The van der Waals surface area contributed by atoms with Gasteiger partial charge in [-0.3, -0.25) is 4.79 Å². The standard InChI is InChI=1S/C26H22N4O2/c1-29(17-20-10-8-9-19(15-20)16-27)26(31)23-18-30(21-11-4-3-5-12-21)28-25(23)22-13-6-7-14-24(22)32-2/h3-15,18H,17H2,1-2H3. The van der Waals surface area contributed by atoms with E-state index in [9.17, 15) is 4.79 Å². The van der Waals surface area contributed by atoms with E-state index in [2.05, 4.69) is 6.07 Å². The molecule has 1 aromatic heterocycles. The van der Waals surface area contributed by atoms with Crippen molar-refractivity contribution >= 4 is 5.91 Å². The molecule has 0 saturated carbocycles. The van der Waals surface area contributed by atoms with Gasteiger partial charge in [-0.05, 0) is 42.0 Å². The first kappa shape index (κ1) is 20.9. The minimum absolute atomic E-state index is 0.171. The van der Waals surface area contributed by atoms with Crippen molar-refractivity contribution in [2.75, 3.05) is 14.2 Å². The molecule has 32 heavy (non-hydrogen) atoms. The van der Waals surface area contributed by atoms with Gasteiger partial charge < -0.3 is 9.64 Å². The van der Waals surface area contributed by atoms with E-state index in [1.807, 2.05) is 66.7 Å². The Labute approximate surface area is 186 Å². The zero-order valence-corrected chi connectivity index (χ0v) is 17.9. The molecular formula is C26H22N4O2. The van der Waals surface area contributed by atoms with Gasteiger partial charge >= 0.3 is 0 Å². The molecular weight excluding hydrogens is 400 g/mol. The summed E-state index contributed by atoms with van der Waals surface area (Å²) in [4.78, 5) is 15.1. The molecule has 6 nitrogen and oxygen atoms in total. The Kier molecular flexibility index (Phi) is 6.00. The van der Waals surface area contributed by atoms with Gasteiger partial charge in [-0.25, -0.2) is 4.68 Å². The van der Waals surface area contributed by atoms with Crippen LogP contribution in [0.3, 0.4) is 0 Å². The second kappa shape index (κ2) is 9.19. The maximum absolute atomic E-state index is 13.5. The quantitative estimate of drug-likeness (QED) is 0.452. The highest BCUT2D eigenvalue weighted by Crippen LogP contribution is 2.32. The number of amides is 1. The topological polar surface area (TPSA) is 71.2 Å². The number of nitriles is 1. The van der Waals surface area contributed by atoms with Gasteiger partial charge in [0.2, 0.25) is 0 Å². The highest BCUT2D eigenvalue weighted by Gasteiger charge is 2.23. The highest BCUT2D eigenvalue weighted by atomic mass is 16.5. The minimum atomic E-state index is -0.171. The molecule has 6 heteroatoms. The average molecular weight is 422 g/mol. The van der Waals surface area contributed by atoms with E-state index in [0.29, 0.717) is 29.1 Å². The minimum Gasteiger partial charge on any atom is -0.496 e.